The third kappa shape index (κ3) is 5.42. The Kier molecular flexibility index (Phi) is 7.64. The summed E-state index contributed by atoms with van der Waals surface area (Å²) in [5, 5.41) is 0. The first-order valence-corrected chi connectivity index (χ1v) is 16.3. The standard InChI is InChI=1S/C37H38N2O4S/c1-23-11-13-25(3)32(19-23)38(5)27-15-17-29-34(21-27)43-35-22-28(39(6)33-20-24(2)12-14-26(33)4)16-18-30(35)37(29)31-9-7-8-10-36(31)44(40,41)42/h7-15,17,19-22,37H,16,18H2,1-6H3,(H,40,41,42). The molecule has 1 unspecified atom stereocenters. The van der Waals surface area contributed by atoms with Crippen LogP contribution < -0.4 is 14.5 Å². The Morgan fingerprint density at radius 1 is 0.750 bits per heavy atom. The zero-order valence-corrected chi connectivity index (χ0v) is 26.9. The van der Waals surface area contributed by atoms with Crippen LogP contribution >= 0.6 is 0 Å². The minimum Gasteiger partial charge on any atom is -0.457 e. The molecule has 1 aliphatic heterocycles. The fourth-order valence-corrected chi connectivity index (χ4v) is 7.21. The molecule has 4 aromatic rings. The van der Waals surface area contributed by atoms with Gasteiger partial charge in [-0.15, -0.1) is 0 Å². The van der Waals surface area contributed by atoms with E-state index in [0.29, 0.717) is 17.7 Å². The van der Waals surface area contributed by atoms with Crippen molar-refractivity contribution in [2.24, 2.45) is 0 Å². The molecule has 0 aromatic heterocycles. The number of hydrogen-bond donors (Lipinski definition) is 1. The quantitative estimate of drug-likeness (QED) is 0.222. The Morgan fingerprint density at radius 3 is 2.05 bits per heavy atom. The normalized spacial score (nSPS) is 16.1. The van der Waals surface area contributed by atoms with Crippen molar-refractivity contribution in [2.75, 3.05) is 23.9 Å². The average molecular weight is 607 g/mol. The van der Waals surface area contributed by atoms with Crippen LogP contribution in [0.15, 0.2) is 107 Å². The second kappa shape index (κ2) is 11.3. The molecule has 0 radical (unpaired) electrons. The van der Waals surface area contributed by atoms with Gasteiger partial charge in [0, 0.05) is 60.5 Å². The van der Waals surface area contributed by atoms with Gasteiger partial charge in [-0.25, -0.2) is 0 Å². The average Bonchev–Trinajstić information content (AvgIpc) is 3.00. The minimum atomic E-state index is -4.45. The Morgan fingerprint density at radius 2 is 1.39 bits per heavy atom. The van der Waals surface area contributed by atoms with Crippen LogP contribution in [0.1, 0.15) is 52.1 Å². The molecule has 0 fully saturated rings. The number of fused-ring (bicyclic) bond motifs is 1. The molecule has 1 aliphatic carbocycles. The van der Waals surface area contributed by atoms with Gasteiger partial charge in [-0.3, -0.25) is 4.55 Å². The van der Waals surface area contributed by atoms with Crippen LogP contribution in [-0.2, 0) is 10.1 Å². The summed E-state index contributed by atoms with van der Waals surface area (Å²) in [5.74, 6) is 0.994. The minimum absolute atomic E-state index is 0.0800. The van der Waals surface area contributed by atoms with Crippen LogP contribution in [-0.4, -0.2) is 27.1 Å². The van der Waals surface area contributed by atoms with Crippen LogP contribution in [0.5, 0.6) is 5.75 Å². The molecule has 7 heteroatoms. The molecule has 1 heterocycles. The molecule has 0 spiro atoms. The molecule has 0 saturated carbocycles. The van der Waals surface area contributed by atoms with E-state index in [1.54, 1.807) is 12.1 Å². The number of rotatable bonds is 6. The van der Waals surface area contributed by atoms with Crippen molar-refractivity contribution < 1.29 is 17.7 Å². The van der Waals surface area contributed by atoms with E-state index < -0.39 is 16.0 Å². The lowest BCUT2D eigenvalue weighted by molar-refractivity contribution is 0.402. The number of ether oxygens (including phenoxy) is 1. The first kappa shape index (κ1) is 29.7. The van der Waals surface area contributed by atoms with E-state index in [2.05, 4.69) is 93.1 Å². The summed E-state index contributed by atoms with van der Waals surface area (Å²) in [4.78, 5) is 4.29. The van der Waals surface area contributed by atoms with Gasteiger partial charge in [0.25, 0.3) is 10.1 Å². The summed E-state index contributed by atoms with van der Waals surface area (Å²) in [6, 6.07) is 25.7. The van der Waals surface area contributed by atoms with E-state index in [-0.39, 0.29) is 4.90 Å². The highest BCUT2D eigenvalue weighted by atomic mass is 32.2. The fraction of sp³-hybridized carbons (Fsp3) is 0.243. The van der Waals surface area contributed by atoms with E-state index >= 15 is 0 Å². The molecule has 4 aromatic carbocycles. The van der Waals surface area contributed by atoms with E-state index in [1.165, 1.54) is 22.8 Å². The van der Waals surface area contributed by atoms with Crippen LogP contribution in [0.4, 0.5) is 17.1 Å². The van der Waals surface area contributed by atoms with Crippen molar-refractivity contribution in [3.63, 3.8) is 0 Å². The summed E-state index contributed by atoms with van der Waals surface area (Å²) in [5.41, 5.74) is 11.5. The largest absolute Gasteiger partial charge is 0.457 e. The molecule has 0 amide bonds. The van der Waals surface area contributed by atoms with Gasteiger partial charge in [-0.2, -0.15) is 8.42 Å². The van der Waals surface area contributed by atoms with Crippen LogP contribution in [0.3, 0.4) is 0 Å². The number of aryl methyl sites for hydroxylation is 4. The van der Waals surface area contributed by atoms with Crippen LogP contribution in [0, 0.1) is 27.7 Å². The molecule has 1 atom stereocenters. The zero-order valence-electron chi connectivity index (χ0n) is 26.0. The van der Waals surface area contributed by atoms with Crippen LogP contribution in [0.2, 0.25) is 0 Å². The Labute approximate surface area is 260 Å². The van der Waals surface area contributed by atoms with Crippen molar-refractivity contribution >= 4 is 27.2 Å². The second-order valence-corrected chi connectivity index (χ2v) is 13.4. The van der Waals surface area contributed by atoms with Gasteiger partial charge in [-0.1, -0.05) is 48.5 Å². The molecule has 0 saturated heterocycles. The number of hydrogen-bond acceptors (Lipinski definition) is 5. The topological polar surface area (TPSA) is 70.1 Å². The highest BCUT2D eigenvalue weighted by Crippen LogP contribution is 2.50. The molecular weight excluding hydrogens is 568 g/mol. The van der Waals surface area contributed by atoms with Crippen molar-refractivity contribution in [1.82, 2.24) is 0 Å². The van der Waals surface area contributed by atoms with Gasteiger partial charge in [0.1, 0.15) is 11.5 Å². The number of allylic oxidation sites excluding steroid dienone is 3. The van der Waals surface area contributed by atoms with E-state index in [1.807, 2.05) is 25.2 Å². The lowest BCUT2D eigenvalue weighted by Crippen LogP contribution is -2.25. The van der Waals surface area contributed by atoms with Gasteiger partial charge in [0.2, 0.25) is 0 Å². The second-order valence-electron chi connectivity index (χ2n) is 12.0. The van der Waals surface area contributed by atoms with Gasteiger partial charge >= 0.3 is 0 Å². The van der Waals surface area contributed by atoms with Crippen molar-refractivity contribution in [3.05, 3.63) is 135 Å². The lowest BCUT2D eigenvalue weighted by Gasteiger charge is -2.36. The van der Waals surface area contributed by atoms with E-state index in [4.69, 9.17) is 4.74 Å². The Hall–Kier alpha value is -4.33. The van der Waals surface area contributed by atoms with Crippen molar-refractivity contribution in [3.8, 4) is 5.75 Å². The molecular formula is C37H38N2O4S. The van der Waals surface area contributed by atoms with Gasteiger partial charge in [0.05, 0.1) is 4.90 Å². The molecule has 0 bridgehead atoms. The highest BCUT2D eigenvalue weighted by molar-refractivity contribution is 7.85. The molecule has 226 valence electrons. The third-order valence-corrected chi connectivity index (χ3v) is 9.85. The molecule has 6 rings (SSSR count). The zero-order chi connectivity index (χ0) is 31.3. The first-order chi connectivity index (χ1) is 20.9. The maximum atomic E-state index is 12.6. The predicted octanol–water partition coefficient (Wildman–Crippen LogP) is 8.53. The van der Waals surface area contributed by atoms with E-state index in [9.17, 15) is 13.0 Å². The number of nitrogens with zero attached hydrogens (tertiary/aromatic N) is 2. The summed E-state index contributed by atoms with van der Waals surface area (Å²) in [7, 11) is -0.331. The van der Waals surface area contributed by atoms with Crippen molar-refractivity contribution in [1.29, 1.82) is 0 Å². The predicted molar refractivity (Wildman–Crippen MR) is 178 cm³/mol. The summed E-state index contributed by atoms with van der Waals surface area (Å²) >= 11 is 0. The Balaban J connectivity index is 1.50. The SMILES string of the molecule is Cc1ccc(C)c(N(C)C2=CC3=C(CC2)C(c2ccccc2S(=O)(=O)O)c2ccc(N(C)c4cc(C)ccc4C)cc2O3)c1. The Bertz CT molecular complexity index is 1960. The van der Waals surface area contributed by atoms with E-state index in [0.717, 1.165) is 51.6 Å². The first-order valence-electron chi connectivity index (χ1n) is 14.9. The van der Waals surface area contributed by atoms with Gasteiger partial charge in [-0.05, 0) is 98.2 Å². The highest BCUT2D eigenvalue weighted by Gasteiger charge is 2.36. The van der Waals surface area contributed by atoms with Crippen LogP contribution in [0.25, 0.3) is 0 Å². The van der Waals surface area contributed by atoms with Crippen molar-refractivity contribution in [2.45, 2.75) is 51.3 Å². The monoisotopic (exact) mass is 606 g/mol. The van der Waals surface area contributed by atoms with Gasteiger partial charge in [0.15, 0.2) is 0 Å². The maximum Gasteiger partial charge on any atom is 0.294 e. The third-order valence-electron chi connectivity index (χ3n) is 8.92. The smallest absolute Gasteiger partial charge is 0.294 e. The maximum absolute atomic E-state index is 12.6. The lowest BCUT2D eigenvalue weighted by atomic mass is 9.78. The number of benzene rings is 4. The van der Waals surface area contributed by atoms with Gasteiger partial charge < -0.3 is 14.5 Å². The summed E-state index contributed by atoms with van der Waals surface area (Å²) < 4.78 is 42.1. The number of anilines is 3. The molecule has 44 heavy (non-hydrogen) atoms. The fourth-order valence-electron chi connectivity index (χ4n) is 6.48. The summed E-state index contributed by atoms with van der Waals surface area (Å²) in [6.07, 6.45) is 3.54. The molecule has 6 nitrogen and oxygen atoms in total. The summed E-state index contributed by atoms with van der Waals surface area (Å²) in [6.45, 7) is 8.39. The molecule has 1 N–H and O–H groups in total. The molecule has 2 aliphatic rings.